The Morgan fingerprint density at radius 3 is 1.97 bits per heavy atom. The lowest BCUT2D eigenvalue weighted by molar-refractivity contribution is 0.599. The molecule has 0 radical (unpaired) electrons. The molecule has 0 fully saturated rings. The van der Waals surface area contributed by atoms with Gasteiger partial charge in [-0.05, 0) is 42.6 Å². The summed E-state index contributed by atoms with van der Waals surface area (Å²) in [6, 6.07) is 11.7. The van der Waals surface area contributed by atoms with Crippen molar-refractivity contribution in [2.75, 3.05) is 9.44 Å². The first-order valence-electron chi connectivity index (χ1n) is 9.16. The number of benzene rings is 2. The van der Waals surface area contributed by atoms with Crippen molar-refractivity contribution in [1.82, 2.24) is 4.98 Å². The van der Waals surface area contributed by atoms with Crippen molar-refractivity contribution in [3.63, 3.8) is 0 Å². The van der Waals surface area contributed by atoms with Crippen LogP contribution in [-0.4, -0.2) is 21.8 Å². The van der Waals surface area contributed by atoms with Crippen LogP contribution >= 0.6 is 45.9 Å². The average Bonchev–Trinajstić information content (AvgIpc) is 3.44. The molecule has 0 spiro atoms. The van der Waals surface area contributed by atoms with Gasteiger partial charge in [0.1, 0.15) is 4.21 Å². The van der Waals surface area contributed by atoms with Gasteiger partial charge in [0.05, 0.1) is 37.0 Å². The molecule has 0 aliphatic heterocycles. The van der Waals surface area contributed by atoms with E-state index in [-0.39, 0.29) is 30.5 Å². The van der Waals surface area contributed by atoms with E-state index < -0.39 is 20.0 Å². The molecule has 2 N–H and O–H groups in total. The normalized spacial score (nSPS) is 12.0. The van der Waals surface area contributed by atoms with E-state index in [9.17, 15) is 16.8 Å². The van der Waals surface area contributed by atoms with Crippen LogP contribution in [0.3, 0.4) is 0 Å². The number of hydrogen-bond acceptors (Lipinski definition) is 7. The molecule has 13 heteroatoms. The molecule has 0 saturated heterocycles. The second-order valence-electron chi connectivity index (χ2n) is 6.73. The molecule has 4 aromatic rings. The summed E-state index contributed by atoms with van der Waals surface area (Å²) in [6.07, 6.45) is 0. The number of thiophene rings is 1. The summed E-state index contributed by atoms with van der Waals surface area (Å²) >= 11 is 14.7. The second-order valence-corrected chi connectivity index (χ2v) is 13.1. The Hall–Kier alpha value is -2.15. The van der Waals surface area contributed by atoms with E-state index in [0.29, 0.717) is 0 Å². The van der Waals surface area contributed by atoms with Crippen molar-refractivity contribution >= 4 is 77.3 Å². The van der Waals surface area contributed by atoms with E-state index in [1.165, 1.54) is 41.7 Å². The zero-order chi connectivity index (χ0) is 23.8. The third-order valence-corrected chi connectivity index (χ3v) is 10.0. The third kappa shape index (κ3) is 5.34. The highest BCUT2D eigenvalue weighted by Crippen LogP contribution is 2.36. The lowest BCUT2D eigenvalue weighted by Gasteiger charge is -2.15. The Morgan fingerprint density at radius 2 is 1.45 bits per heavy atom. The van der Waals surface area contributed by atoms with Crippen LogP contribution in [0.5, 0.6) is 0 Å². The summed E-state index contributed by atoms with van der Waals surface area (Å²) in [5, 5.41) is 4.53. The molecule has 2 aromatic heterocycles. The number of rotatable bonds is 7. The number of nitrogens with zero attached hydrogens (tertiary/aromatic N) is 1. The van der Waals surface area contributed by atoms with Crippen LogP contribution in [0.1, 0.15) is 5.01 Å². The molecule has 0 aliphatic carbocycles. The number of anilines is 2. The number of aromatic nitrogens is 1. The lowest BCUT2D eigenvalue weighted by Crippen LogP contribution is -2.17. The predicted molar refractivity (Wildman–Crippen MR) is 135 cm³/mol. The van der Waals surface area contributed by atoms with Gasteiger partial charge in [-0.3, -0.25) is 9.44 Å². The van der Waals surface area contributed by atoms with Crippen LogP contribution in [0.15, 0.2) is 68.4 Å². The molecule has 0 amide bonds. The van der Waals surface area contributed by atoms with Crippen molar-refractivity contribution in [2.24, 2.45) is 0 Å². The second kappa shape index (κ2) is 9.24. The maximum absolute atomic E-state index is 13.0. The third-order valence-electron chi connectivity index (χ3n) is 4.39. The lowest BCUT2D eigenvalue weighted by atomic mass is 10.2. The summed E-state index contributed by atoms with van der Waals surface area (Å²) in [5.74, 6) is 0. The average molecular weight is 561 g/mol. The van der Waals surface area contributed by atoms with Crippen molar-refractivity contribution < 1.29 is 16.8 Å². The standard InChI is InChI=1S/C20H15Cl2N3O4S4/c1-12-23-19(11-31-12)13-4-6-14(7-5-13)32(26,27)24-17-9-15(21)16(22)10-18(17)25-33(28,29)20-3-2-8-30-20/h2-11,24-25H,1H3. The summed E-state index contributed by atoms with van der Waals surface area (Å²) in [6.45, 7) is 1.89. The van der Waals surface area contributed by atoms with Gasteiger partial charge in [-0.2, -0.15) is 0 Å². The molecule has 7 nitrogen and oxygen atoms in total. The van der Waals surface area contributed by atoms with E-state index in [0.717, 1.165) is 27.6 Å². The SMILES string of the molecule is Cc1nc(-c2ccc(S(=O)(=O)Nc3cc(Cl)c(Cl)cc3NS(=O)(=O)c3cccs3)cc2)cs1. The van der Waals surface area contributed by atoms with Gasteiger partial charge in [0, 0.05) is 10.9 Å². The summed E-state index contributed by atoms with van der Waals surface area (Å²) in [4.78, 5) is 4.37. The molecule has 0 saturated carbocycles. The van der Waals surface area contributed by atoms with Crippen LogP contribution < -0.4 is 9.44 Å². The quantitative estimate of drug-likeness (QED) is 0.285. The Bertz CT molecular complexity index is 1520. The van der Waals surface area contributed by atoms with Crippen molar-refractivity contribution in [3.8, 4) is 11.3 Å². The summed E-state index contributed by atoms with van der Waals surface area (Å²) in [5.41, 5.74) is 1.40. The van der Waals surface area contributed by atoms with E-state index in [2.05, 4.69) is 14.4 Å². The van der Waals surface area contributed by atoms with Gasteiger partial charge in [0.25, 0.3) is 20.0 Å². The van der Waals surface area contributed by atoms with Crippen molar-refractivity contribution in [3.05, 3.63) is 74.3 Å². The van der Waals surface area contributed by atoms with Crippen LogP contribution in [0, 0.1) is 6.92 Å². The minimum absolute atomic E-state index is 0.0173. The van der Waals surface area contributed by atoms with E-state index in [1.807, 2.05) is 12.3 Å². The maximum atomic E-state index is 13.0. The Labute approximate surface area is 209 Å². The van der Waals surface area contributed by atoms with Crippen LogP contribution in [0.2, 0.25) is 10.0 Å². The molecular weight excluding hydrogens is 545 g/mol. The van der Waals surface area contributed by atoms with Gasteiger partial charge in [-0.25, -0.2) is 21.8 Å². The number of hydrogen-bond donors (Lipinski definition) is 2. The Balaban J connectivity index is 1.65. The van der Waals surface area contributed by atoms with Crippen LogP contribution in [0.25, 0.3) is 11.3 Å². The first-order chi connectivity index (χ1) is 15.5. The van der Waals surface area contributed by atoms with Gasteiger partial charge >= 0.3 is 0 Å². The number of nitrogens with one attached hydrogen (secondary N) is 2. The molecule has 2 heterocycles. The topological polar surface area (TPSA) is 105 Å². The van der Waals surface area contributed by atoms with Gasteiger partial charge < -0.3 is 0 Å². The van der Waals surface area contributed by atoms with Crippen molar-refractivity contribution in [1.29, 1.82) is 0 Å². The van der Waals surface area contributed by atoms with Gasteiger partial charge in [0.15, 0.2) is 0 Å². The van der Waals surface area contributed by atoms with Crippen molar-refractivity contribution in [2.45, 2.75) is 16.0 Å². The van der Waals surface area contributed by atoms with E-state index in [1.54, 1.807) is 23.6 Å². The monoisotopic (exact) mass is 559 g/mol. The smallest absolute Gasteiger partial charge is 0.271 e. The Morgan fingerprint density at radius 1 is 0.848 bits per heavy atom. The zero-order valence-corrected chi connectivity index (χ0v) is 21.5. The number of aryl methyl sites for hydroxylation is 1. The largest absolute Gasteiger partial charge is 0.277 e. The predicted octanol–water partition coefficient (Wildman–Crippen LogP) is 6.09. The van der Waals surface area contributed by atoms with E-state index >= 15 is 0 Å². The molecule has 172 valence electrons. The molecule has 0 atom stereocenters. The Kier molecular flexibility index (Phi) is 6.72. The molecule has 2 aromatic carbocycles. The molecular formula is C20H15Cl2N3O4S4. The number of sulfonamides is 2. The highest BCUT2D eigenvalue weighted by Gasteiger charge is 2.22. The van der Waals surface area contributed by atoms with Gasteiger partial charge in [-0.1, -0.05) is 41.4 Å². The number of thiazole rings is 1. The van der Waals surface area contributed by atoms with Crippen LogP contribution in [-0.2, 0) is 20.0 Å². The van der Waals surface area contributed by atoms with E-state index in [4.69, 9.17) is 23.2 Å². The first kappa shape index (κ1) is 24.0. The van der Waals surface area contributed by atoms with Gasteiger partial charge in [-0.15, -0.1) is 22.7 Å². The minimum atomic E-state index is -4.07. The highest BCUT2D eigenvalue weighted by molar-refractivity contribution is 7.94. The molecule has 0 bridgehead atoms. The molecule has 0 unspecified atom stereocenters. The molecule has 4 rings (SSSR count). The zero-order valence-electron chi connectivity index (χ0n) is 16.7. The highest BCUT2D eigenvalue weighted by atomic mass is 35.5. The maximum Gasteiger partial charge on any atom is 0.271 e. The molecule has 0 aliphatic rings. The molecule has 33 heavy (non-hydrogen) atoms. The van der Waals surface area contributed by atoms with Gasteiger partial charge in [0.2, 0.25) is 0 Å². The number of halogens is 2. The minimum Gasteiger partial charge on any atom is -0.277 e. The fourth-order valence-electron chi connectivity index (χ4n) is 2.83. The fraction of sp³-hybridized carbons (Fsp3) is 0.0500. The fourth-order valence-corrected chi connectivity index (χ4v) is 6.92. The summed E-state index contributed by atoms with van der Waals surface area (Å²) in [7, 11) is -8.02. The summed E-state index contributed by atoms with van der Waals surface area (Å²) < 4.78 is 56.2. The first-order valence-corrected chi connectivity index (χ1v) is 14.6. The van der Waals surface area contributed by atoms with Crippen LogP contribution in [0.4, 0.5) is 11.4 Å².